The summed E-state index contributed by atoms with van der Waals surface area (Å²) in [7, 11) is 0. The Bertz CT molecular complexity index is 1700. The quantitative estimate of drug-likeness (QED) is 0.193. The molecule has 2 aliphatic heterocycles. The van der Waals surface area contributed by atoms with Gasteiger partial charge in [0.25, 0.3) is 5.91 Å². The lowest BCUT2D eigenvalue weighted by atomic mass is 9.70. The smallest absolute Gasteiger partial charge is 0.257 e. The molecule has 2 saturated heterocycles. The van der Waals surface area contributed by atoms with Crippen LogP contribution >= 0.6 is 0 Å². The van der Waals surface area contributed by atoms with Crippen LogP contribution < -0.4 is 16.4 Å². The monoisotopic (exact) mass is 711 g/mol. The molecule has 1 spiro atoms. The molecule has 3 aliphatic rings. The maximum absolute atomic E-state index is 14.4. The second-order valence-corrected chi connectivity index (χ2v) is 15.6. The lowest BCUT2D eigenvalue weighted by Crippen LogP contribution is -2.65. The topological polar surface area (TPSA) is 152 Å². The van der Waals surface area contributed by atoms with Gasteiger partial charge in [-0.15, -0.1) is 0 Å². The van der Waals surface area contributed by atoms with Crippen LogP contribution in [0.1, 0.15) is 67.9 Å². The number of unbranched alkanes of at least 4 members (excludes halogenated alkanes) is 2. The second kappa shape index (κ2) is 16.0. The molecular formula is C40H53N7O5. The molecule has 4 amide bonds. The number of benzene rings is 2. The van der Waals surface area contributed by atoms with Crippen LogP contribution in [0.4, 0.5) is 0 Å². The molecule has 12 nitrogen and oxygen atoms in total. The third kappa shape index (κ3) is 8.56. The summed E-state index contributed by atoms with van der Waals surface area (Å²) in [5, 5.41) is 10.5. The van der Waals surface area contributed by atoms with Crippen molar-refractivity contribution in [2.24, 2.45) is 28.4 Å². The van der Waals surface area contributed by atoms with Crippen molar-refractivity contribution in [1.29, 1.82) is 0 Å². The molecule has 278 valence electrons. The fourth-order valence-corrected chi connectivity index (χ4v) is 7.61. The Morgan fingerprint density at radius 1 is 0.923 bits per heavy atom. The zero-order chi connectivity index (χ0) is 36.9. The molecule has 3 heterocycles. The Balaban J connectivity index is 1.18. The number of carbonyl (C=O) groups is 4. The number of nitrogens with one attached hydrogen (secondary N) is 2. The first-order valence-electron chi connectivity index (χ1n) is 18.6. The highest BCUT2D eigenvalue weighted by atomic mass is 16.5. The lowest BCUT2D eigenvalue weighted by molar-refractivity contribution is -0.152. The van der Waals surface area contributed by atoms with Crippen LogP contribution in [-0.4, -0.2) is 94.6 Å². The van der Waals surface area contributed by atoms with Crippen LogP contribution in [0.25, 0.3) is 0 Å². The van der Waals surface area contributed by atoms with Crippen LogP contribution in [-0.2, 0) is 32.3 Å². The maximum Gasteiger partial charge on any atom is 0.257 e. The van der Waals surface area contributed by atoms with Gasteiger partial charge in [0, 0.05) is 50.3 Å². The SMILES string of the molecule is C[C@@H](OCc1ccccc1)C(NC(=O)C1CN(C(=O)c2cnn(Cc3ccccc3)c2)CC12CN(C(=O)C1CC1(C)C)C2)C(=O)NCCCCCN. The minimum absolute atomic E-state index is 0.0189. The largest absolute Gasteiger partial charge is 0.371 e. The summed E-state index contributed by atoms with van der Waals surface area (Å²) < 4.78 is 7.89. The third-order valence-corrected chi connectivity index (χ3v) is 11.0. The van der Waals surface area contributed by atoms with E-state index in [2.05, 4.69) is 29.6 Å². The molecule has 1 saturated carbocycles. The third-order valence-electron chi connectivity index (χ3n) is 11.0. The van der Waals surface area contributed by atoms with E-state index in [0.29, 0.717) is 44.8 Å². The Hall–Kier alpha value is -4.55. The van der Waals surface area contributed by atoms with Gasteiger partial charge < -0.3 is 30.9 Å². The number of aromatic nitrogens is 2. The summed E-state index contributed by atoms with van der Waals surface area (Å²) in [6.45, 7) is 9.09. The summed E-state index contributed by atoms with van der Waals surface area (Å²) in [5.74, 6) is -1.41. The van der Waals surface area contributed by atoms with Gasteiger partial charge in [-0.25, -0.2) is 0 Å². The molecule has 6 rings (SSSR count). The summed E-state index contributed by atoms with van der Waals surface area (Å²) >= 11 is 0. The predicted octanol–water partition coefficient (Wildman–Crippen LogP) is 3.21. The number of nitrogens with zero attached hydrogens (tertiary/aromatic N) is 4. The van der Waals surface area contributed by atoms with Crippen molar-refractivity contribution >= 4 is 23.6 Å². The minimum Gasteiger partial charge on any atom is -0.371 e. The molecular weight excluding hydrogens is 658 g/mol. The van der Waals surface area contributed by atoms with Gasteiger partial charge in [0.1, 0.15) is 6.04 Å². The molecule has 0 bridgehead atoms. The van der Waals surface area contributed by atoms with Gasteiger partial charge in [-0.2, -0.15) is 5.10 Å². The van der Waals surface area contributed by atoms with Crippen LogP contribution in [0.15, 0.2) is 73.1 Å². The molecule has 2 aromatic carbocycles. The molecule has 1 aromatic heterocycles. The summed E-state index contributed by atoms with van der Waals surface area (Å²) in [5.41, 5.74) is 7.44. The standard InChI is InChI=1S/C40H53N7O5/c1-28(52-24-30-15-9-5-10-16-30)34(36(49)42-18-12-6-11-17-41)44-35(48)33-23-45(25-40(33)26-46(27-40)38(51)32-19-39(32,2)3)37(50)31-20-43-47(22-31)21-29-13-7-4-8-14-29/h4-5,7-10,13-16,20,22,28,32-34H,6,11-12,17-19,21,23-27,41H2,1-3H3,(H,42,49)(H,44,48)/t28-,32?,33?,34?/m1/s1. The highest BCUT2D eigenvalue weighted by molar-refractivity contribution is 5.96. The highest BCUT2D eigenvalue weighted by Crippen LogP contribution is 2.54. The number of hydrogen-bond donors (Lipinski definition) is 3. The van der Waals surface area contributed by atoms with Crippen molar-refractivity contribution in [1.82, 2.24) is 30.2 Å². The first-order valence-corrected chi connectivity index (χ1v) is 18.6. The first kappa shape index (κ1) is 37.2. The van der Waals surface area contributed by atoms with Crippen molar-refractivity contribution in [2.45, 2.75) is 71.8 Å². The van der Waals surface area contributed by atoms with Crippen LogP contribution in [0.2, 0.25) is 0 Å². The van der Waals surface area contributed by atoms with Gasteiger partial charge in [0.05, 0.1) is 36.9 Å². The molecule has 1 aliphatic carbocycles. The average molecular weight is 712 g/mol. The van der Waals surface area contributed by atoms with Gasteiger partial charge in [-0.3, -0.25) is 23.9 Å². The molecule has 12 heteroatoms. The fourth-order valence-electron chi connectivity index (χ4n) is 7.61. The number of carbonyl (C=O) groups excluding carboxylic acids is 4. The van der Waals surface area contributed by atoms with Crippen LogP contribution in [0, 0.1) is 22.7 Å². The summed E-state index contributed by atoms with van der Waals surface area (Å²) in [4.78, 5) is 58.9. The van der Waals surface area contributed by atoms with E-state index in [1.165, 1.54) is 0 Å². The fraction of sp³-hybridized carbons (Fsp3) is 0.525. The van der Waals surface area contributed by atoms with E-state index in [0.717, 1.165) is 36.8 Å². The molecule has 3 aromatic rings. The van der Waals surface area contributed by atoms with E-state index >= 15 is 0 Å². The Morgan fingerprint density at radius 2 is 1.58 bits per heavy atom. The summed E-state index contributed by atoms with van der Waals surface area (Å²) in [6, 6.07) is 18.6. The molecule has 4 N–H and O–H groups in total. The van der Waals surface area contributed by atoms with Crippen molar-refractivity contribution < 1.29 is 23.9 Å². The van der Waals surface area contributed by atoms with E-state index in [1.807, 2.05) is 65.6 Å². The van der Waals surface area contributed by atoms with Gasteiger partial charge in [-0.1, -0.05) is 80.9 Å². The van der Waals surface area contributed by atoms with E-state index in [-0.39, 0.29) is 48.1 Å². The average Bonchev–Trinajstić information content (AvgIpc) is 3.42. The van der Waals surface area contributed by atoms with Gasteiger partial charge in [0.2, 0.25) is 17.7 Å². The summed E-state index contributed by atoms with van der Waals surface area (Å²) in [6.07, 6.45) is 6.04. The highest BCUT2D eigenvalue weighted by Gasteiger charge is 2.62. The Morgan fingerprint density at radius 3 is 2.23 bits per heavy atom. The number of likely N-dealkylation sites (tertiary alicyclic amines) is 2. The minimum atomic E-state index is -0.964. The van der Waals surface area contributed by atoms with E-state index < -0.39 is 23.5 Å². The van der Waals surface area contributed by atoms with E-state index in [4.69, 9.17) is 10.5 Å². The zero-order valence-electron chi connectivity index (χ0n) is 30.6. The molecule has 3 unspecified atom stereocenters. The number of amides is 4. The number of hydrogen-bond acceptors (Lipinski definition) is 7. The zero-order valence-corrected chi connectivity index (χ0v) is 30.6. The number of nitrogens with two attached hydrogens (primary N) is 1. The predicted molar refractivity (Wildman–Crippen MR) is 197 cm³/mol. The van der Waals surface area contributed by atoms with Gasteiger partial charge in [-0.05, 0) is 49.3 Å². The molecule has 52 heavy (non-hydrogen) atoms. The Kier molecular flexibility index (Phi) is 11.4. The molecule has 4 atom stereocenters. The normalized spacial score (nSPS) is 20.9. The lowest BCUT2D eigenvalue weighted by Gasteiger charge is -2.50. The molecule has 3 fully saturated rings. The van der Waals surface area contributed by atoms with Crippen molar-refractivity contribution in [3.8, 4) is 0 Å². The van der Waals surface area contributed by atoms with Crippen molar-refractivity contribution in [2.75, 3.05) is 39.3 Å². The van der Waals surface area contributed by atoms with Crippen LogP contribution in [0.5, 0.6) is 0 Å². The Labute approximate surface area is 306 Å². The van der Waals surface area contributed by atoms with Crippen molar-refractivity contribution in [3.63, 3.8) is 0 Å². The maximum atomic E-state index is 14.4. The van der Waals surface area contributed by atoms with Gasteiger partial charge >= 0.3 is 0 Å². The van der Waals surface area contributed by atoms with E-state index in [1.54, 1.807) is 28.9 Å². The van der Waals surface area contributed by atoms with Crippen LogP contribution in [0.3, 0.4) is 0 Å². The first-order chi connectivity index (χ1) is 25.0. The second-order valence-electron chi connectivity index (χ2n) is 15.6. The number of ether oxygens (including phenoxy) is 1. The van der Waals surface area contributed by atoms with Gasteiger partial charge in [0.15, 0.2) is 0 Å². The molecule has 0 radical (unpaired) electrons. The van der Waals surface area contributed by atoms with E-state index in [9.17, 15) is 19.2 Å². The number of rotatable bonds is 16. The van der Waals surface area contributed by atoms with Crippen molar-refractivity contribution in [3.05, 3.63) is 89.7 Å².